The first-order chi connectivity index (χ1) is 22.9. The summed E-state index contributed by atoms with van der Waals surface area (Å²) in [6.45, 7) is 4.12. The van der Waals surface area contributed by atoms with Gasteiger partial charge in [-0.25, -0.2) is 0 Å². The molecule has 1 saturated heterocycles. The van der Waals surface area contributed by atoms with E-state index in [1.165, 1.54) is 122 Å². The predicted octanol–water partition coefficient (Wildman–Crippen LogP) is 6.88. The molecule has 1 heterocycles. The van der Waals surface area contributed by atoms with Gasteiger partial charge in [0.25, 0.3) is 0 Å². The van der Waals surface area contributed by atoms with Gasteiger partial charge >= 0.3 is 0 Å². The number of aliphatic hydroxyl groups is 3. The fourth-order valence-electron chi connectivity index (χ4n) is 6.72. The Morgan fingerprint density at radius 2 is 1.04 bits per heavy atom. The number of hydrogen-bond donors (Lipinski definition) is 5. The molecule has 0 aromatic heterocycles. The van der Waals surface area contributed by atoms with Crippen LogP contribution in [0.5, 0.6) is 0 Å². The topological polar surface area (TPSA) is 145 Å². The zero-order chi connectivity index (χ0) is 34.5. The molecule has 0 unspecified atom stereocenters. The number of carbonyl (C=O) groups excluding carboxylic acids is 2. The molecule has 0 spiro atoms. The van der Waals surface area contributed by atoms with Crippen molar-refractivity contribution < 1.29 is 29.6 Å². The van der Waals surface area contributed by atoms with E-state index in [4.69, 9.17) is 10.5 Å². The first-order valence-corrected chi connectivity index (χ1v) is 19.8. The summed E-state index contributed by atoms with van der Waals surface area (Å²) in [5, 5.41) is 33.9. The molecule has 0 radical (unpaired) electrons. The molecule has 0 saturated carbocycles. The normalized spacial score (nSPS) is 21.2. The zero-order valence-corrected chi connectivity index (χ0v) is 30.5. The number of nitrogens with one attached hydrogen (secondary N) is 1. The lowest BCUT2D eigenvalue weighted by Crippen LogP contribution is -2.69. The first-order valence-electron chi connectivity index (χ1n) is 19.8. The monoisotopic (exact) mass is 670 g/mol. The molecule has 6 N–H and O–H groups in total. The molecule has 1 aliphatic heterocycles. The van der Waals surface area contributed by atoms with Crippen LogP contribution in [0.2, 0.25) is 0 Å². The second-order valence-electron chi connectivity index (χ2n) is 14.0. The van der Waals surface area contributed by atoms with Gasteiger partial charge in [0, 0.05) is 13.0 Å². The number of nitrogens with two attached hydrogens (primary N) is 1. The van der Waals surface area contributed by atoms with E-state index in [9.17, 15) is 24.9 Å². The van der Waals surface area contributed by atoms with Gasteiger partial charge in [-0.2, -0.15) is 0 Å². The van der Waals surface area contributed by atoms with Crippen LogP contribution in [-0.4, -0.2) is 82.3 Å². The maximum absolute atomic E-state index is 13.7. The van der Waals surface area contributed by atoms with Gasteiger partial charge in [-0.1, -0.05) is 162 Å². The number of aliphatic hydroxyl groups excluding tert-OH is 3. The van der Waals surface area contributed by atoms with Crippen molar-refractivity contribution in [1.82, 2.24) is 10.2 Å². The maximum Gasteiger partial charge on any atom is 0.234 e. The second kappa shape index (κ2) is 29.6. The van der Waals surface area contributed by atoms with E-state index < -0.39 is 43.1 Å². The van der Waals surface area contributed by atoms with Gasteiger partial charge in [0.05, 0.1) is 13.2 Å². The SMILES string of the molecule is CCCCCCCCCCCCCCCCCC(=O)N(CCCCCCCCCCCC)[C@@H]1O[C@H](CO)[C@H](O)[C@H](O)[C@@H]1NC(=O)CN. The highest BCUT2D eigenvalue weighted by Crippen LogP contribution is 2.26. The molecule has 278 valence electrons. The molecule has 0 aromatic carbocycles. The van der Waals surface area contributed by atoms with E-state index in [-0.39, 0.29) is 12.5 Å². The van der Waals surface area contributed by atoms with Crippen LogP contribution in [0.25, 0.3) is 0 Å². The molecule has 0 bridgehead atoms. The second-order valence-corrected chi connectivity index (χ2v) is 14.0. The molecule has 0 aromatic rings. The molecular formula is C38H75N3O6. The van der Waals surface area contributed by atoms with Crippen molar-refractivity contribution in [2.75, 3.05) is 19.7 Å². The highest BCUT2D eigenvalue weighted by atomic mass is 16.5. The standard InChI is InChI=1S/C38H75N3O6/c1-3-5-7-9-11-13-15-16-17-18-19-20-22-24-26-28-34(44)41(29-27-25-23-21-14-12-10-8-6-4-2)38-35(40-33(43)30-39)37(46)36(45)32(31-42)47-38/h32,35-38,42,45-46H,3-31,39H2,1-2H3,(H,40,43)/t32-,35+,36+,37-,38-/m1/s1. The van der Waals surface area contributed by atoms with Gasteiger partial charge in [-0.15, -0.1) is 0 Å². The third kappa shape index (κ3) is 20.1. The molecule has 9 heteroatoms. The van der Waals surface area contributed by atoms with Crippen LogP contribution in [0.3, 0.4) is 0 Å². The quantitative estimate of drug-likeness (QED) is 0.0506. The molecule has 47 heavy (non-hydrogen) atoms. The maximum atomic E-state index is 13.7. The highest BCUT2D eigenvalue weighted by Gasteiger charge is 2.48. The number of unbranched alkanes of at least 4 members (excludes halogenated alkanes) is 23. The van der Waals surface area contributed by atoms with Crippen molar-refractivity contribution in [3.05, 3.63) is 0 Å². The van der Waals surface area contributed by atoms with Crippen LogP contribution in [0.15, 0.2) is 0 Å². The molecule has 1 aliphatic rings. The summed E-state index contributed by atoms with van der Waals surface area (Å²) in [6.07, 6.45) is 26.0. The van der Waals surface area contributed by atoms with Crippen LogP contribution in [0, 0.1) is 0 Å². The van der Waals surface area contributed by atoms with Crippen molar-refractivity contribution in [2.24, 2.45) is 5.73 Å². The number of ether oxygens (including phenoxy) is 1. The Balaban J connectivity index is 2.56. The van der Waals surface area contributed by atoms with E-state index in [0.717, 1.165) is 38.5 Å². The largest absolute Gasteiger partial charge is 0.394 e. The summed E-state index contributed by atoms with van der Waals surface area (Å²) in [5.41, 5.74) is 5.53. The molecule has 2 amide bonds. The Kier molecular flexibility index (Phi) is 27.6. The molecular weight excluding hydrogens is 594 g/mol. The number of nitrogens with zero attached hydrogens (tertiary/aromatic N) is 1. The number of carbonyl (C=O) groups is 2. The number of hydrogen-bond acceptors (Lipinski definition) is 7. The minimum absolute atomic E-state index is 0.0899. The van der Waals surface area contributed by atoms with Crippen LogP contribution in [0.1, 0.15) is 181 Å². The molecule has 1 fully saturated rings. The summed E-state index contributed by atoms with van der Waals surface area (Å²) >= 11 is 0. The van der Waals surface area contributed by atoms with Crippen molar-refractivity contribution in [2.45, 2.75) is 211 Å². The van der Waals surface area contributed by atoms with E-state index >= 15 is 0 Å². The summed E-state index contributed by atoms with van der Waals surface area (Å²) in [4.78, 5) is 27.5. The predicted molar refractivity (Wildman–Crippen MR) is 192 cm³/mol. The van der Waals surface area contributed by atoms with Gasteiger partial charge in [0.1, 0.15) is 24.4 Å². The van der Waals surface area contributed by atoms with Crippen molar-refractivity contribution in [1.29, 1.82) is 0 Å². The average Bonchev–Trinajstić information content (AvgIpc) is 3.07. The van der Waals surface area contributed by atoms with Crippen molar-refractivity contribution in [3.8, 4) is 0 Å². The summed E-state index contributed by atoms with van der Waals surface area (Å²) < 4.78 is 6.02. The van der Waals surface area contributed by atoms with Gasteiger partial charge in [0.15, 0.2) is 6.23 Å². The lowest BCUT2D eigenvalue weighted by Gasteiger charge is -2.46. The van der Waals surface area contributed by atoms with Gasteiger partial charge < -0.3 is 36.0 Å². The fraction of sp³-hybridized carbons (Fsp3) is 0.947. The van der Waals surface area contributed by atoms with E-state index in [0.29, 0.717) is 13.0 Å². The number of amides is 2. The fourth-order valence-corrected chi connectivity index (χ4v) is 6.72. The third-order valence-corrected chi connectivity index (χ3v) is 9.79. The Labute approximate surface area is 288 Å². The van der Waals surface area contributed by atoms with Crippen LogP contribution >= 0.6 is 0 Å². The van der Waals surface area contributed by atoms with Crippen LogP contribution in [0.4, 0.5) is 0 Å². The molecule has 0 aliphatic carbocycles. The lowest BCUT2D eigenvalue weighted by molar-refractivity contribution is -0.231. The van der Waals surface area contributed by atoms with Crippen molar-refractivity contribution >= 4 is 11.8 Å². The van der Waals surface area contributed by atoms with Crippen LogP contribution < -0.4 is 11.1 Å². The van der Waals surface area contributed by atoms with Gasteiger partial charge in [-0.05, 0) is 12.8 Å². The Bertz CT molecular complexity index is 757. The first kappa shape index (κ1) is 43.8. The average molecular weight is 670 g/mol. The minimum Gasteiger partial charge on any atom is -0.394 e. The minimum atomic E-state index is -1.41. The molecule has 5 atom stereocenters. The Hall–Kier alpha value is -1.26. The zero-order valence-electron chi connectivity index (χ0n) is 30.5. The molecule has 9 nitrogen and oxygen atoms in total. The van der Waals surface area contributed by atoms with E-state index in [2.05, 4.69) is 19.2 Å². The van der Waals surface area contributed by atoms with Gasteiger partial charge in [0.2, 0.25) is 11.8 Å². The van der Waals surface area contributed by atoms with Crippen molar-refractivity contribution in [3.63, 3.8) is 0 Å². The summed E-state index contributed by atoms with van der Waals surface area (Å²) in [5.74, 6) is -0.598. The molecule has 1 rings (SSSR count). The highest BCUT2D eigenvalue weighted by molar-refractivity contribution is 5.79. The smallest absolute Gasteiger partial charge is 0.234 e. The van der Waals surface area contributed by atoms with Crippen LogP contribution in [-0.2, 0) is 14.3 Å². The number of rotatable bonds is 31. The third-order valence-electron chi connectivity index (χ3n) is 9.79. The van der Waals surface area contributed by atoms with E-state index in [1.54, 1.807) is 4.90 Å². The Morgan fingerprint density at radius 1 is 0.638 bits per heavy atom. The summed E-state index contributed by atoms with van der Waals surface area (Å²) in [7, 11) is 0. The van der Waals surface area contributed by atoms with E-state index in [1.807, 2.05) is 0 Å². The Morgan fingerprint density at radius 3 is 1.45 bits per heavy atom. The lowest BCUT2D eigenvalue weighted by atomic mass is 9.94. The summed E-state index contributed by atoms with van der Waals surface area (Å²) in [6, 6.07) is -1.04. The van der Waals surface area contributed by atoms with Gasteiger partial charge in [-0.3, -0.25) is 9.59 Å².